The maximum absolute atomic E-state index is 12.1. The van der Waals surface area contributed by atoms with Gasteiger partial charge in [-0.25, -0.2) is 17.8 Å². The Morgan fingerprint density at radius 2 is 2.04 bits per heavy atom. The zero-order valence-electron chi connectivity index (χ0n) is 11.9. The third-order valence-electron chi connectivity index (χ3n) is 3.49. The number of benzene rings is 1. The van der Waals surface area contributed by atoms with Crippen molar-refractivity contribution in [2.24, 2.45) is 0 Å². The van der Waals surface area contributed by atoms with Crippen molar-refractivity contribution in [3.05, 3.63) is 46.3 Å². The van der Waals surface area contributed by atoms with Crippen LogP contribution in [0.5, 0.6) is 0 Å². The van der Waals surface area contributed by atoms with Gasteiger partial charge in [-0.1, -0.05) is 5.21 Å². The van der Waals surface area contributed by atoms with Crippen LogP contribution in [0.2, 0.25) is 0 Å². The Kier molecular flexibility index (Phi) is 4.07. The van der Waals surface area contributed by atoms with E-state index in [2.05, 4.69) is 20.4 Å². The van der Waals surface area contributed by atoms with E-state index in [1.54, 1.807) is 10.9 Å². The van der Waals surface area contributed by atoms with Crippen LogP contribution >= 0.6 is 0 Å². The number of nitro benzene ring substituents is 1. The molecular formula is C12H14N6O4S. The van der Waals surface area contributed by atoms with Gasteiger partial charge in [-0.2, -0.15) is 0 Å². The van der Waals surface area contributed by atoms with Crippen molar-refractivity contribution in [1.29, 1.82) is 0 Å². The maximum atomic E-state index is 12.1. The van der Waals surface area contributed by atoms with Crippen LogP contribution in [-0.2, 0) is 16.6 Å². The van der Waals surface area contributed by atoms with Gasteiger partial charge < -0.3 is 5.32 Å². The first-order valence-corrected chi connectivity index (χ1v) is 8.29. The predicted molar refractivity (Wildman–Crippen MR) is 79.1 cm³/mol. The zero-order valence-corrected chi connectivity index (χ0v) is 12.7. The number of nitrogens with zero attached hydrogens (tertiary/aromatic N) is 4. The van der Waals surface area contributed by atoms with Crippen LogP contribution in [0.25, 0.3) is 0 Å². The van der Waals surface area contributed by atoms with Gasteiger partial charge in [0.05, 0.1) is 34.3 Å². The molecular weight excluding hydrogens is 324 g/mol. The largest absolute Gasteiger partial charge is 0.312 e. The Balaban J connectivity index is 1.66. The number of hydrogen-bond acceptors (Lipinski definition) is 7. The highest BCUT2D eigenvalue weighted by Crippen LogP contribution is 2.16. The quantitative estimate of drug-likeness (QED) is 0.551. The standard InChI is InChI=1S/C12H14N6O4S/c19-18(20)10-1-3-12(4-2-10)23(21,22)14-5-9-8-17(16-15-9)11-6-13-7-11/h1-4,8,11,13-14H,5-7H2. The molecule has 0 bridgehead atoms. The van der Waals surface area contributed by atoms with Crippen molar-refractivity contribution >= 4 is 15.7 Å². The molecule has 1 aliphatic rings. The van der Waals surface area contributed by atoms with Crippen molar-refractivity contribution in [2.75, 3.05) is 13.1 Å². The second-order valence-electron chi connectivity index (χ2n) is 5.08. The SMILES string of the molecule is O=[N+]([O-])c1ccc(S(=O)(=O)NCc2cn(C3CNC3)nn2)cc1. The molecule has 2 heterocycles. The van der Waals surface area contributed by atoms with E-state index in [1.165, 1.54) is 12.1 Å². The monoisotopic (exact) mass is 338 g/mol. The van der Waals surface area contributed by atoms with E-state index in [0.29, 0.717) is 5.69 Å². The van der Waals surface area contributed by atoms with E-state index in [4.69, 9.17) is 0 Å². The van der Waals surface area contributed by atoms with Crippen LogP contribution in [0.15, 0.2) is 35.4 Å². The average Bonchev–Trinajstić information content (AvgIpc) is 2.92. The molecule has 23 heavy (non-hydrogen) atoms. The fraction of sp³-hybridized carbons (Fsp3) is 0.333. The molecule has 3 rings (SSSR count). The number of non-ortho nitro benzene ring substituents is 1. The van der Waals surface area contributed by atoms with Gasteiger partial charge in [0.15, 0.2) is 0 Å². The first-order chi connectivity index (χ1) is 11.0. The Labute approximate surface area is 131 Å². The van der Waals surface area contributed by atoms with Gasteiger partial charge >= 0.3 is 0 Å². The van der Waals surface area contributed by atoms with E-state index in [9.17, 15) is 18.5 Å². The summed E-state index contributed by atoms with van der Waals surface area (Å²) in [7, 11) is -3.77. The van der Waals surface area contributed by atoms with Crippen LogP contribution in [0.4, 0.5) is 5.69 Å². The van der Waals surface area contributed by atoms with Gasteiger partial charge in [0.25, 0.3) is 5.69 Å². The van der Waals surface area contributed by atoms with Crippen LogP contribution in [-0.4, -0.2) is 41.4 Å². The summed E-state index contributed by atoms with van der Waals surface area (Å²) in [6, 6.07) is 4.93. The third-order valence-corrected chi connectivity index (χ3v) is 4.91. The van der Waals surface area contributed by atoms with Gasteiger partial charge in [0, 0.05) is 25.2 Å². The molecule has 1 aromatic carbocycles. The highest BCUT2D eigenvalue weighted by Gasteiger charge is 2.21. The minimum absolute atomic E-state index is 0.000526. The number of aromatic nitrogens is 3. The molecule has 10 nitrogen and oxygen atoms in total. The summed E-state index contributed by atoms with van der Waals surface area (Å²) in [4.78, 5) is 9.95. The molecule has 0 atom stereocenters. The molecule has 2 aromatic rings. The fourth-order valence-corrected chi connectivity index (χ4v) is 3.03. The molecule has 2 N–H and O–H groups in total. The lowest BCUT2D eigenvalue weighted by Crippen LogP contribution is -2.43. The summed E-state index contributed by atoms with van der Waals surface area (Å²) < 4.78 is 28.4. The molecule has 0 radical (unpaired) electrons. The molecule has 0 amide bonds. The van der Waals surface area contributed by atoms with E-state index in [-0.39, 0.29) is 23.2 Å². The lowest BCUT2D eigenvalue weighted by Gasteiger charge is -2.26. The van der Waals surface area contributed by atoms with Crippen LogP contribution in [0.1, 0.15) is 11.7 Å². The molecule has 1 aromatic heterocycles. The average molecular weight is 338 g/mol. The lowest BCUT2D eigenvalue weighted by molar-refractivity contribution is -0.384. The van der Waals surface area contributed by atoms with E-state index in [0.717, 1.165) is 25.2 Å². The Morgan fingerprint density at radius 3 is 2.61 bits per heavy atom. The van der Waals surface area contributed by atoms with Gasteiger partial charge in [-0.3, -0.25) is 10.1 Å². The highest BCUT2D eigenvalue weighted by molar-refractivity contribution is 7.89. The summed E-state index contributed by atoms with van der Waals surface area (Å²) in [5, 5.41) is 21.6. The maximum Gasteiger partial charge on any atom is 0.269 e. The smallest absolute Gasteiger partial charge is 0.269 e. The predicted octanol–water partition coefficient (Wildman–Crippen LogP) is -0.191. The molecule has 1 saturated heterocycles. The summed E-state index contributed by atoms with van der Waals surface area (Å²) in [5.41, 5.74) is 0.336. The number of sulfonamides is 1. The molecule has 0 unspecified atom stereocenters. The Bertz CT molecular complexity index is 812. The molecule has 1 fully saturated rings. The molecule has 0 saturated carbocycles. The summed E-state index contributed by atoms with van der Waals surface area (Å²) >= 11 is 0. The van der Waals surface area contributed by atoms with Crippen molar-refractivity contribution < 1.29 is 13.3 Å². The van der Waals surface area contributed by atoms with Crippen LogP contribution in [0.3, 0.4) is 0 Å². The number of nitro groups is 1. The van der Waals surface area contributed by atoms with Gasteiger partial charge in [0.1, 0.15) is 0 Å². The van der Waals surface area contributed by atoms with Gasteiger partial charge in [-0.15, -0.1) is 5.10 Å². The topological polar surface area (TPSA) is 132 Å². The normalized spacial score (nSPS) is 15.3. The number of rotatable bonds is 6. The second kappa shape index (κ2) is 6.02. The highest BCUT2D eigenvalue weighted by atomic mass is 32.2. The van der Waals surface area contributed by atoms with Gasteiger partial charge in [0.2, 0.25) is 10.0 Å². The Morgan fingerprint density at radius 1 is 1.35 bits per heavy atom. The molecule has 0 aliphatic carbocycles. The van der Waals surface area contributed by atoms with E-state index >= 15 is 0 Å². The van der Waals surface area contributed by atoms with Crippen molar-refractivity contribution in [3.63, 3.8) is 0 Å². The van der Waals surface area contributed by atoms with Crippen LogP contribution in [0, 0.1) is 10.1 Å². The second-order valence-corrected chi connectivity index (χ2v) is 6.84. The van der Waals surface area contributed by atoms with Gasteiger partial charge in [-0.05, 0) is 12.1 Å². The summed E-state index contributed by atoms with van der Waals surface area (Å²) in [6.45, 7) is 1.63. The third kappa shape index (κ3) is 3.36. The summed E-state index contributed by atoms with van der Waals surface area (Å²) in [5.74, 6) is 0. The first kappa shape index (κ1) is 15.5. The molecule has 0 spiro atoms. The molecule has 11 heteroatoms. The first-order valence-electron chi connectivity index (χ1n) is 6.81. The fourth-order valence-electron chi connectivity index (χ4n) is 2.03. The minimum Gasteiger partial charge on any atom is -0.312 e. The number of hydrogen-bond donors (Lipinski definition) is 2. The van der Waals surface area contributed by atoms with Crippen molar-refractivity contribution in [1.82, 2.24) is 25.0 Å². The van der Waals surface area contributed by atoms with Crippen LogP contribution < -0.4 is 10.0 Å². The Hall–Kier alpha value is -2.37. The molecule has 122 valence electrons. The zero-order chi connectivity index (χ0) is 16.4. The number of nitrogens with one attached hydrogen (secondary N) is 2. The molecule has 1 aliphatic heterocycles. The lowest BCUT2D eigenvalue weighted by atomic mass is 10.2. The van der Waals surface area contributed by atoms with E-state index < -0.39 is 14.9 Å². The van der Waals surface area contributed by atoms with Crippen molar-refractivity contribution in [2.45, 2.75) is 17.5 Å². The minimum atomic E-state index is -3.77. The van der Waals surface area contributed by atoms with E-state index in [1.807, 2.05) is 0 Å². The van der Waals surface area contributed by atoms with Crippen molar-refractivity contribution in [3.8, 4) is 0 Å². The summed E-state index contributed by atoms with van der Waals surface area (Å²) in [6.07, 6.45) is 1.70.